The zero-order valence-corrected chi connectivity index (χ0v) is 19.2. The third-order valence-corrected chi connectivity index (χ3v) is 7.03. The molecule has 0 aromatic rings. The molecular formula is C24H40O5S. The third-order valence-electron chi connectivity index (χ3n) is 6.00. The van der Waals surface area contributed by atoms with Gasteiger partial charge in [0.25, 0.3) is 0 Å². The van der Waals surface area contributed by atoms with Crippen LogP contribution >= 0.6 is 11.8 Å². The number of hydrogen-bond acceptors (Lipinski definition) is 5. The molecule has 1 rings (SSSR count). The molecule has 0 aromatic heterocycles. The van der Waals surface area contributed by atoms with E-state index in [0.29, 0.717) is 25.7 Å². The van der Waals surface area contributed by atoms with Crippen molar-refractivity contribution in [3.05, 3.63) is 12.2 Å². The first kappa shape index (κ1) is 27.0. The summed E-state index contributed by atoms with van der Waals surface area (Å²) in [6, 6.07) is 0. The van der Waals surface area contributed by atoms with Crippen molar-refractivity contribution in [1.29, 1.82) is 0 Å². The van der Waals surface area contributed by atoms with E-state index >= 15 is 0 Å². The second-order valence-corrected chi connectivity index (χ2v) is 9.71. The van der Waals surface area contributed by atoms with E-state index in [1.165, 1.54) is 11.8 Å². The van der Waals surface area contributed by atoms with Gasteiger partial charge in [0.1, 0.15) is 0 Å². The minimum Gasteiger partial charge on any atom is -0.481 e. The Morgan fingerprint density at radius 1 is 1.20 bits per heavy atom. The Morgan fingerprint density at radius 2 is 1.97 bits per heavy atom. The molecule has 1 saturated carbocycles. The van der Waals surface area contributed by atoms with E-state index in [4.69, 9.17) is 11.5 Å². The van der Waals surface area contributed by atoms with Crippen LogP contribution in [0.15, 0.2) is 12.2 Å². The number of carboxylic acids is 1. The van der Waals surface area contributed by atoms with Crippen molar-refractivity contribution in [3.8, 4) is 12.3 Å². The summed E-state index contributed by atoms with van der Waals surface area (Å²) in [5, 5.41) is 40.3. The second-order valence-electron chi connectivity index (χ2n) is 8.60. The molecule has 0 amide bonds. The van der Waals surface area contributed by atoms with E-state index in [0.717, 1.165) is 50.7 Å². The SMILES string of the molecule is C#CCC(O)(CC=C[C@@H]1[C@@H](CCCCSCC(=O)O)[C@@H](O)C[C@H]1O)CCCCCC. The van der Waals surface area contributed by atoms with Gasteiger partial charge in [0, 0.05) is 18.8 Å². The average Bonchev–Trinajstić information content (AvgIpc) is 2.95. The van der Waals surface area contributed by atoms with Gasteiger partial charge in [-0.2, -0.15) is 11.8 Å². The lowest BCUT2D eigenvalue weighted by Crippen LogP contribution is -2.27. The van der Waals surface area contributed by atoms with Gasteiger partial charge in [0.2, 0.25) is 0 Å². The molecule has 0 heterocycles. The van der Waals surface area contributed by atoms with Crippen molar-refractivity contribution in [3.63, 3.8) is 0 Å². The molecular weight excluding hydrogens is 400 g/mol. The first-order valence-corrected chi connectivity index (χ1v) is 12.5. The van der Waals surface area contributed by atoms with E-state index in [1.807, 2.05) is 12.2 Å². The van der Waals surface area contributed by atoms with E-state index < -0.39 is 23.8 Å². The molecule has 4 N–H and O–H groups in total. The Bertz CT molecular complexity index is 558. The molecule has 5 nitrogen and oxygen atoms in total. The summed E-state index contributed by atoms with van der Waals surface area (Å²) >= 11 is 1.41. The number of rotatable bonds is 16. The number of aliphatic carboxylic acids is 1. The van der Waals surface area contributed by atoms with Crippen molar-refractivity contribution in [2.45, 2.75) is 95.4 Å². The highest BCUT2D eigenvalue weighted by molar-refractivity contribution is 7.99. The minimum absolute atomic E-state index is 0.00833. The van der Waals surface area contributed by atoms with Crippen LogP contribution in [0, 0.1) is 24.2 Å². The van der Waals surface area contributed by atoms with Crippen molar-refractivity contribution < 1.29 is 25.2 Å². The van der Waals surface area contributed by atoms with Crippen LogP contribution in [0.4, 0.5) is 0 Å². The molecule has 0 aromatic carbocycles. The smallest absolute Gasteiger partial charge is 0.313 e. The fourth-order valence-electron chi connectivity index (χ4n) is 4.30. The summed E-state index contributed by atoms with van der Waals surface area (Å²) in [6.07, 6.45) is 17.0. The molecule has 1 aliphatic rings. The quantitative estimate of drug-likeness (QED) is 0.164. The topological polar surface area (TPSA) is 98.0 Å². The largest absolute Gasteiger partial charge is 0.481 e. The summed E-state index contributed by atoms with van der Waals surface area (Å²) in [7, 11) is 0. The van der Waals surface area contributed by atoms with Crippen LogP contribution in [0.3, 0.4) is 0 Å². The summed E-state index contributed by atoms with van der Waals surface area (Å²) in [5.41, 5.74) is -0.905. The van der Waals surface area contributed by atoms with Crippen LogP contribution in [-0.2, 0) is 4.79 Å². The van der Waals surface area contributed by atoms with Crippen LogP contribution in [0.5, 0.6) is 0 Å². The number of thioether (sulfide) groups is 1. The highest BCUT2D eigenvalue weighted by atomic mass is 32.2. The van der Waals surface area contributed by atoms with Crippen LogP contribution < -0.4 is 0 Å². The number of aliphatic hydroxyl groups is 3. The number of unbranched alkanes of at least 4 members (excludes halogenated alkanes) is 4. The van der Waals surface area contributed by atoms with E-state index in [1.54, 1.807) is 0 Å². The Labute approximate surface area is 186 Å². The highest BCUT2D eigenvalue weighted by Crippen LogP contribution is 2.37. The first-order valence-electron chi connectivity index (χ1n) is 11.3. The summed E-state index contributed by atoms with van der Waals surface area (Å²) in [4.78, 5) is 10.5. The lowest BCUT2D eigenvalue weighted by molar-refractivity contribution is -0.133. The molecule has 5 atom stereocenters. The summed E-state index contributed by atoms with van der Waals surface area (Å²) < 4.78 is 0. The number of carboxylic acid groups (broad SMARTS) is 1. The molecule has 0 spiro atoms. The number of aliphatic hydroxyl groups excluding tert-OH is 2. The highest BCUT2D eigenvalue weighted by Gasteiger charge is 2.39. The zero-order chi connectivity index (χ0) is 22.4. The Morgan fingerprint density at radius 3 is 2.63 bits per heavy atom. The van der Waals surface area contributed by atoms with Gasteiger partial charge >= 0.3 is 5.97 Å². The monoisotopic (exact) mass is 440 g/mol. The summed E-state index contributed by atoms with van der Waals surface area (Å²) in [5.74, 6) is 2.57. The molecule has 0 aliphatic heterocycles. The van der Waals surface area contributed by atoms with Crippen molar-refractivity contribution >= 4 is 17.7 Å². The number of terminal acetylenes is 1. The van der Waals surface area contributed by atoms with E-state index in [9.17, 15) is 20.1 Å². The number of hydrogen-bond donors (Lipinski definition) is 4. The van der Waals surface area contributed by atoms with Gasteiger partial charge in [-0.25, -0.2) is 0 Å². The van der Waals surface area contributed by atoms with Crippen molar-refractivity contribution in [2.75, 3.05) is 11.5 Å². The lowest BCUT2D eigenvalue weighted by Gasteiger charge is -2.26. The van der Waals surface area contributed by atoms with Gasteiger partial charge in [-0.15, -0.1) is 12.3 Å². The van der Waals surface area contributed by atoms with E-state index in [-0.39, 0.29) is 17.6 Å². The van der Waals surface area contributed by atoms with Gasteiger partial charge in [-0.05, 0) is 37.4 Å². The summed E-state index contributed by atoms with van der Waals surface area (Å²) in [6.45, 7) is 2.16. The predicted octanol–water partition coefficient (Wildman–Crippen LogP) is 4.00. The van der Waals surface area contributed by atoms with Crippen LogP contribution in [-0.4, -0.2) is 55.7 Å². The van der Waals surface area contributed by atoms with Gasteiger partial charge in [0.05, 0.1) is 23.6 Å². The molecule has 172 valence electrons. The molecule has 1 aliphatic carbocycles. The van der Waals surface area contributed by atoms with Gasteiger partial charge in [0.15, 0.2) is 0 Å². The molecule has 1 unspecified atom stereocenters. The predicted molar refractivity (Wildman–Crippen MR) is 123 cm³/mol. The van der Waals surface area contributed by atoms with Gasteiger partial charge in [-0.1, -0.05) is 51.2 Å². The molecule has 30 heavy (non-hydrogen) atoms. The second kappa shape index (κ2) is 14.9. The van der Waals surface area contributed by atoms with Crippen LogP contribution in [0.25, 0.3) is 0 Å². The molecule has 0 saturated heterocycles. The Balaban J connectivity index is 2.53. The van der Waals surface area contributed by atoms with Gasteiger partial charge < -0.3 is 20.4 Å². The number of carbonyl (C=O) groups is 1. The maximum absolute atomic E-state index is 10.9. The van der Waals surface area contributed by atoms with Crippen molar-refractivity contribution in [1.82, 2.24) is 0 Å². The minimum atomic E-state index is -0.905. The van der Waals surface area contributed by atoms with Crippen LogP contribution in [0.1, 0.15) is 77.6 Å². The molecule has 0 radical (unpaired) electrons. The van der Waals surface area contributed by atoms with Gasteiger partial charge in [-0.3, -0.25) is 4.79 Å². The third kappa shape index (κ3) is 10.3. The normalized spacial score (nSPS) is 26.0. The average molecular weight is 441 g/mol. The maximum Gasteiger partial charge on any atom is 0.313 e. The molecule has 0 bridgehead atoms. The Kier molecular flexibility index (Phi) is 13.4. The van der Waals surface area contributed by atoms with Crippen LogP contribution in [0.2, 0.25) is 0 Å². The standard InChI is InChI=1S/C24H40O5S/c1-3-5-6-8-14-24(29,13-4-2)15-10-12-20-19(21(25)17-22(20)26)11-7-9-16-30-18-23(27)28/h2,10,12,19-22,25-26,29H,3,5-9,11,13-18H2,1H3,(H,27,28)/t19-,20-,21+,22-,24?/m1/s1. The zero-order valence-electron chi connectivity index (χ0n) is 18.3. The van der Waals surface area contributed by atoms with E-state index in [2.05, 4.69) is 12.8 Å². The Hall–Kier alpha value is -1.00. The lowest BCUT2D eigenvalue weighted by atomic mass is 9.86. The molecule has 1 fully saturated rings. The van der Waals surface area contributed by atoms with Crippen molar-refractivity contribution in [2.24, 2.45) is 11.8 Å². The fraction of sp³-hybridized carbons (Fsp3) is 0.792. The molecule has 6 heteroatoms. The fourth-order valence-corrected chi connectivity index (χ4v) is 5.03. The maximum atomic E-state index is 10.9. The first-order chi connectivity index (χ1) is 14.3.